The SMILES string of the molecule is O=S(=O)(Nc1ccncn1)c1cc(Cl)c(O[C@H]2CC[C@H](c3cccc(C(F)(F)F)c3)C[C@@H]2N2CCC(O)C2)cc1F. The number of β-amino-alcohol motifs (C(OH)–C–C–N with tert-alkyl or cyclic N) is 1. The number of nitrogens with zero attached hydrogens (tertiary/aromatic N) is 3. The van der Waals surface area contributed by atoms with Gasteiger partial charge in [0.25, 0.3) is 10.0 Å². The summed E-state index contributed by atoms with van der Waals surface area (Å²) in [5, 5.41) is 10.0. The summed E-state index contributed by atoms with van der Waals surface area (Å²) >= 11 is 6.38. The second-order valence-corrected chi connectivity index (χ2v) is 12.3. The van der Waals surface area contributed by atoms with E-state index in [0.29, 0.717) is 44.3 Å². The number of nitrogens with one attached hydrogen (secondary N) is 1. The molecule has 2 aromatic carbocycles. The van der Waals surface area contributed by atoms with E-state index in [4.69, 9.17) is 16.3 Å². The number of rotatable bonds is 7. The Labute approximate surface area is 239 Å². The highest BCUT2D eigenvalue weighted by Crippen LogP contribution is 2.41. The van der Waals surface area contributed by atoms with E-state index in [1.165, 1.54) is 24.4 Å². The molecule has 1 unspecified atom stereocenters. The summed E-state index contributed by atoms with van der Waals surface area (Å²) < 4.78 is 89.0. The lowest BCUT2D eigenvalue weighted by molar-refractivity contribution is -0.137. The first-order valence-electron chi connectivity index (χ1n) is 12.9. The Hall–Kier alpha value is -3.00. The highest BCUT2D eigenvalue weighted by molar-refractivity contribution is 7.92. The molecule has 2 N–H and O–H groups in total. The first-order chi connectivity index (χ1) is 19.4. The van der Waals surface area contributed by atoms with Crippen LogP contribution in [-0.2, 0) is 16.2 Å². The van der Waals surface area contributed by atoms with Gasteiger partial charge >= 0.3 is 6.18 Å². The maximum Gasteiger partial charge on any atom is 0.416 e. The second kappa shape index (κ2) is 11.7. The number of aromatic nitrogens is 2. The Morgan fingerprint density at radius 2 is 1.93 bits per heavy atom. The maximum absolute atomic E-state index is 15.1. The molecule has 4 atom stereocenters. The van der Waals surface area contributed by atoms with E-state index in [2.05, 4.69) is 14.7 Å². The minimum Gasteiger partial charge on any atom is -0.487 e. The number of alkyl halides is 3. The molecule has 8 nitrogen and oxygen atoms in total. The standard InChI is InChI=1S/C27H27ClF4N4O4S/c28-20-12-25(41(38,39)35-26-6-8-33-15-34-26)21(29)13-24(20)40-23-5-4-17(11-22(23)36-9-7-19(37)14-36)16-2-1-3-18(10-16)27(30,31)32/h1-3,6,8,10,12-13,15,17,19,22-23,37H,4-5,7,9,11,14H2,(H,33,34,35)/t17-,19?,22-,23-/m0/s1. The van der Waals surface area contributed by atoms with Gasteiger partial charge in [-0.3, -0.25) is 9.62 Å². The molecule has 14 heteroatoms. The average Bonchev–Trinajstić information content (AvgIpc) is 3.36. The molecule has 2 fully saturated rings. The van der Waals surface area contributed by atoms with Gasteiger partial charge in [0.2, 0.25) is 0 Å². The van der Waals surface area contributed by atoms with E-state index in [-0.39, 0.29) is 28.5 Å². The summed E-state index contributed by atoms with van der Waals surface area (Å²) in [6, 6.07) is 8.15. The fraction of sp³-hybridized carbons (Fsp3) is 0.407. The molecular weight excluding hydrogens is 588 g/mol. The van der Waals surface area contributed by atoms with Gasteiger partial charge in [-0.25, -0.2) is 22.8 Å². The molecule has 0 bridgehead atoms. The third kappa shape index (κ3) is 6.74. The van der Waals surface area contributed by atoms with Gasteiger partial charge in [0, 0.05) is 31.4 Å². The van der Waals surface area contributed by atoms with E-state index in [0.717, 1.165) is 24.5 Å². The minimum atomic E-state index is -4.46. The van der Waals surface area contributed by atoms with Crippen molar-refractivity contribution in [1.29, 1.82) is 0 Å². The number of sulfonamides is 1. The maximum atomic E-state index is 15.1. The Balaban J connectivity index is 1.38. The van der Waals surface area contributed by atoms with E-state index in [9.17, 15) is 26.7 Å². The van der Waals surface area contributed by atoms with Crippen molar-refractivity contribution in [3.05, 3.63) is 77.0 Å². The Morgan fingerprint density at radius 3 is 2.61 bits per heavy atom. The van der Waals surface area contributed by atoms with Crippen molar-refractivity contribution in [2.75, 3.05) is 17.8 Å². The van der Waals surface area contributed by atoms with Crippen molar-refractivity contribution in [3.8, 4) is 5.75 Å². The van der Waals surface area contributed by atoms with Gasteiger partial charge in [0.1, 0.15) is 34.7 Å². The molecule has 2 heterocycles. The number of hydrogen-bond acceptors (Lipinski definition) is 7. The number of benzene rings is 2. The topological polar surface area (TPSA) is 105 Å². The fourth-order valence-electron chi connectivity index (χ4n) is 5.50. The molecule has 1 saturated carbocycles. The molecule has 2 aliphatic rings. The highest BCUT2D eigenvalue weighted by Gasteiger charge is 2.40. The van der Waals surface area contributed by atoms with Crippen molar-refractivity contribution < 1.29 is 35.8 Å². The largest absolute Gasteiger partial charge is 0.487 e. The molecule has 3 aromatic rings. The molecular formula is C27H27ClF4N4O4S. The highest BCUT2D eigenvalue weighted by atomic mass is 35.5. The quantitative estimate of drug-likeness (QED) is 0.351. The smallest absolute Gasteiger partial charge is 0.416 e. The third-order valence-corrected chi connectivity index (χ3v) is 9.14. The van der Waals surface area contributed by atoms with Gasteiger partial charge in [-0.15, -0.1) is 0 Å². The molecule has 0 spiro atoms. The van der Waals surface area contributed by atoms with E-state index in [1.807, 2.05) is 4.90 Å². The number of hydrogen-bond donors (Lipinski definition) is 2. The molecule has 1 aliphatic heterocycles. The zero-order valence-electron chi connectivity index (χ0n) is 21.6. The predicted octanol–water partition coefficient (Wildman–Crippen LogP) is 5.24. The van der Waals surface area contributed by atoms with Gasteiger partial charge in [-0.2, -0.15) is 13.2 Å². The van der Waals surface area contributed by atoms with Crippen LogP contribution in [0.2, 0.25) is 5.02 Å². The number of aliphatic hydroxyl groups is 1. The third-order valence-electron chi connectivity index (χ3n) is 7.48. The first kappa shape index (κ1) is 29.5. The minimum absolute atomic E-state index is 0.0518. The van der Waals surface area contributed by atoms with Crippen LogP contribution in [0.1, 0.15) is 42.7 Å². The van der Waals surface area contributed by atoms with Crippen LogP contribution in [0, 0.1) is 5.82 Å². The number of halogens is 5. The molecule has 1 aliphatic carbocycles. The molecule has 0 radical (unpaired) electrons. The Kier molecular flexibility index (Phi) is 8.42. The normalized spacial score (nSPS) is 23.9. The predicted molar refractivity (Wildman–Crippen MR) is 143 cm³/mol. The van der Waals surface area contributed by atoms with Gasteiger partial charge in [0.05, 0.1) is 16.7 Å². The average molecular weight is 615 g/mol. The Morgan fingerprint density at radius 1 is 1.12 bits per heavy atom. The lowest BCUT2D eigenvalue weighted by Gasteiger charge is -2.41. The number of aliphatic hydroxyl groups excluding tert-OH is 1. The van der Waals surface area contributed by atoms with Crippen molar-refractivity contribution in [2.45, 2.75) is 60.9 Å². The summed E-state index contributed by atoms with van der Waals surface area (Å²) in [7, 11) is -4.37. The number of likely N-dealkylation sites (tertiary alicyclic amines) is 1. The van der Waals surface area contributed by atoms with Crippen molar-refractivity contribution >= 4 is 27.4 Å². The van der Waals surface area contributed by atoms with Gasteiger partial charge in [-0.1, -0.05) is 29.8 Å². The summed E-state index contributed by atoms with van der Waals surface area (Å²) in [6.07, 6.45) is -1.15. The van der Waals surface area contributed by atoms with Gasteiger partial charge < -0.3 is 9.84 Å². The van der Waals surface area contributed by atoms with Crippen LogP contribution in [0.15, 0.2) is 59.9 Å². The molecule has 5 rings (SSSR count). The Bertz CT molecular complexity index is 1500. The van der Waals surface area contributed by atoms with Crippen LogP contribution in [0.25, 0.3) is 0 Å². The van der Waals surface area contributed by atoms with Gasteiger partial charge in [-0.05, 0) is 55.4 Å². The molecule has 1 aromatic heterocycles. The van der Waals surface area contributed by atoms with Crippen LogP contribution in [0.4, 0.5) is 23.4 Å². The zero-order chi connectivity index (χ0) is 29.4. The van der Waals surface area contributed by atoms with E-state index >= 15 is 4.39 Å². The van der Waals surface area contributed by atoms with Crippen molar-refractivity contribution in [3.63, 3.8) is 0 Å². The van der Waals surface area contributed by atoms with E-state index < -0.39 is 44.7 Å². The molecule has 220 valence electrons. The molecule has 41 heavy (non-hydrogen) atoms. The van der Waals surface area contributed by atoms with Crippen LogP contribution >= 0.6 is 11.6 Å². The van der Waals surface area contributed by atoms with E-state index in [1.54, 1.807) is 6.07 Å². The lowest BCUT2D eigenvalue weighted by Crippen LogP contribution is -2.48. The second-order valence-electron chi connectivity index (χ2n) is 10.2. The summed E-state index contributed by atoms with van der Waals surface area (Å²) in [6.45, 7) is 0.933. The van der Waals surface area contributed by atoms with Gasteiger partial charge in [0.15, 0.2) is 0 Å². The summed E-state index contributed by atoms with van der Waals surface area (Å²) in [4.78, 5) is 8.81. The molecule has 1 saturated heterocycles. The first-order valence-corrected chi connectivity index (χ1v) is 14.8. The molecule has 0 amide bonds. The zero-order valence-corrected chi connectivity index (χ0v) is 23.1. The van der Waals surface area contributed by atoms with Crippen LogP contribution in [0.3, 0.4) is 0 Å². The van der Waals surface area contributed by atoms with Crippen molar-refractivity contribution in [1.82, 2.24) is 14.9 Å². The number of anilines is 1. The van der Waals surface area contributed by atoms with Crippen LogP contribution in [-0.4, -0.2) is 59.7 Å². The monoisotopic (exact) mass is 614 g/mol. The lowest BCUT2D eigenvalue weighted by atomic mass is 9.79. The fourth-order valence-corrected chi connectivity index (χ4v) is 6.86. The van der Waals surface area contributed by atoms with Crippen LogP contribution < -0.4 is 9.46 Å². The summed E-state index contributed by atoms with van der Waals surface area (Å²) in [5.41, 5.74) is -0.147. The number of ether oxygens (including phenoxy) is 1. The van der Waals surface area contributed by atoms with Crippen molar-refractivity contribution in [2.24, 2.45) is 0 Å². The summed E-state index contributed by atoms with van der Waals surface area (Å²) in [5.74, 6) is -1.38. The van der Waals surface area contributed by atoms with Crippen LogP contribution in [0.5, 0.6) is 5.75 Å².